The molecule has 5 rings (SSSR count). The average Bonchev–Trinajstić information content (AvgIpc) is 3.38. The maximum atomic E-state index is 14.3. The third kappa shape index (κ3) is 4.20. The molecular formula is C25H22F2N4O4S. The number of imidazole rings is 1. The van der Waals surface area contributed by atoms with Crippen LogP contribution < -0.4 is 15.0 Å². The summed E-state index contributed by atoms with van der Waals surface area (Å²) in [6, 6.07) is 7.35. The van der Waals surface area contributed by atoms with Crippen molar-refractivity contribution in [3.8, 4) is 17.0 Å². The first-order valence-corrected chi connectivity index (χ1v) is 11.9. The van der Waals surface area contributed by atoms with E-state index in [1.807, 2.05) is 0 Å². The predicted octanol–water partition coefficient (Wildman–Crippen LogP) is 3.72. The van der Waals surface area contributed by atoms with Gasteiger partial charge in [-0.25, -0.2) is 13.8 Å². The van der Waals surface area contributed by atoms with Crippen molar-refractivity contribution in [2.24, 2.45) is 0 Å². The standard InChI is InChI=1S/C25H22F2N4O4S/c1-25(2,34)13-4-7-19-21(8-13)35-11-18(23(33)30(19)3)28-22(32)17-10-31-20(12-36-24(31)29-17)15-6-5-14(26)9-16(15)27/h4-10,12,18,34H,11H2,1-3H3,(H,28,32)/t18-/m0/s1. The van der Waals surface area contributed by atoms with E-state index in [1.54, 1.807) is 48.9 Å². The number of hydrogen-bond donors (Lipinski definition) is 2. The van der Waals surface area contributed by atoms with Gasteiger partial charge in [-0.3, -0.25) is 14.0 Å². The van der Waals surface area contributed by atoms with Crippen molar-refractivity contribution in [3.63, 3.8) is 0 Å². The molecule has 36 heavy (non-hydrogen) atoms. The molecule has 0 radical (unpaired) electrons. The van der Waals surface area contributed by atoms with E-state index >= 15 is 0 Å². The van der Waals surface area contributed by atoms with Gasteiger partial charge in [0.2, 0.25) is 0 Å². The predicted molar refractivity (Wildman–Crippen MR) is 130 cm³/mol. The number of fused-ring (bicyclic) bond motifs is 2. The molecule has 0 bridgehead atoms. The first kappa shape index (κ1) is 23.9. The van der Waals surface area contributed by atoms with Crippen LogP contribution in [0.5, 0.6) is 5.75 Å². The minimum atomic E-state index is -1.09. The Labute approximate surface area is 208 Å². The quantitative estimate of drug-likeness (QED) is 0.435. The SMILES string of the molecule is CN1C(=O)[C@@H](NC(=O)c2cn3c(-c4ccc(F)cc4F)csc3n2)COc2cc(C(C)(C)O)ccc21. The Balaban J connectivity index is 1.38. The highest BCUT2D eigenvalue weighted by Gasteiger charge is 2.32. The summed E-state index contributed by atoms with van der Waals surface area (Å²) in [6.45, 7) is 3.18. The molecule has 186 valence electrons. The number of aromatic nitrogens is 2. The number of carbonyl (C=O) groups excluding carboxylic acids is 2. The second-order valence-electron chi connectivity index (χ2n) is 9.00. The molecule has 0 unspecified atom stereocenters. The number of nitrogens with one attached hydrogen (secondary N) is 1. The van der Waals surface area contributed by atoms with Crippen molar-refractivity contribution in [2.75, 3.05) is 18.6 Å². The Kier molecular flexibility index (Phi) is 5.76. The molecule has 1 aliphatic rings. The van der Waals surface area contributed by atoms with Gasteiger partial charge in [-0.15, -0.1) is 11.3 Å². The number of likely N-dealkylation sites (N-methyl/N-ethyl adjacent to an activating group) is 1. The lowest BCUT2D eigenvalue weighted by Gasteiger charge is -2.22. The van der Waals surface area contributed by atoms with Gasteiger partial charge < -0.3 is 20.1 Å². The highest BCUT2D eigenvalue weighted by molar-refractivity contribution is 7.15. The van der Waals surface area contributed by atoms with Crippen LogP contribution in [0, 0.1) is 11.6 Å². The zero-order valence-electron chi connectivity index (χ0n) is 19.6. The number of ether oxygens (including phenoxy) is 1. The van der Waals surface area contributed by atoms with Crippen LogP contribution in [0.3, 0.4) is 0 Å². The molecule has 1 aliphatic heterocycles. The maximum Gasteiger partial charge on any atom is 0.272 e. The fraction of sp³-hybridized carbons (Fsp3) is 0.240. The second kappa shape index (κ2) is 8.68. The van der Waals surface area contributed by atoms with E-state index in [2.05, 4.69) is 10.3 Å². The number of anilines is 1. The number of aliphatic hydroxyl groups is 1. The van der Waals surface area contributed by atoms with E-state index in [0.29, 0.717) is 27.7 Å². The smallest absolute Gasteiger partial charge is 0.272 e. The van der Waals surface area contributed by atoms with Crippen LogP contribution in [0.1, 0.15) is 29.9 Å². The summed E-state index contributed by atoms with van der Waals surface area (Å²) in [6.07, 6.45) is 1.44. The maximum absolute atomic E-state index is 14.3. The van der Waals surface area contributed by atoms with Gasteiger partial charge in [0.15, 0.2) is 4.96 Å². The van der Waals surface area contributed by atoms with Crippen LogP contribution in [-0.4, -0.2) is 46.0 Å². The number of hydrogen-bond acceptors (Lipinski definition) is 6. The van der Waals surface area contributed by atoms with Crippen LogP contribution >= 0.6 is 11.3 Å². The summed E-state index contributed by atoms with van der Waals surface area (Å²) in [7, 11) is 1.58. The van der Waals surface area contributed by atoms with Crippen LogP contribution in [0.2, 0.25) is 0 Å². The van der Waals surface area contributed by atoms with Gasteiger partial charge in [0.25, 0.3) is 11.8 Å². The van der Waals surface area contributed by atoms with Crippen molar-refractivity contribution < 1.29 is 28.2 Å². The van der Waals surface area contributed by atoms with Gasteiger partial charge in [0, 0.05) is 30.3 Å². The van der Waals surface area contributed by atoms with E-state index in [4.69, 9.17) is 4.74 Å². The zero-order valence-corrected chi connectivity index (χ0v) is 20.4. The molecule has 1 atom stereocenters. The van der Waals surface area contributed by atoms with Crippen molar-refractivity contribution in [1.82, 2.24) is 14.7 Å². The fourth-order valence-electron chi connectivity index (χ4n) is 4.00. The van der Waals surface area contributed by atoms with Gasteiger partial charge >= 0.3 is 0 Å². The number of amides is 2. The van der Waals surface area contributed by atoms with E-state index < -0.39 is 29.2 Å². The third-order valence-corrected chi connectivity index (χ3v) is 6.86. The van der Waals surface area contributed by atoms with Gasteiger partial charge in [-0.1, -0.05) is 6.07 Å². The summed E-state index contributed by atoms with van der Waals surface area (Å²) in [4.78, 5) is 32.2. The molecule has 8 nitrogen and oxygen atoms in total. The van der Waals surface area contributed by atoms with Crippen molar-refractivity contribution in [1.29, 1.82) is 0 Å². The summed E-state index contributed by atoms with van der Waals surface area (Å²) in [5, 5.41) is 14.6. The van der Waals surface area contributed by atoms with Crippen molar-refractivity contribution >= 4 is 33.8 Å². The van der Waals surface area contributed by atoms with Crippen LogP contribution in [0.4, 0.5) is 14.5 Å². The highest BCUT2D eigenvalue weighted by atomic mass is 32.1. The lowest BCUT2D eigenvalue weighted by atomic mass is 9.98. The van der Waals surface area contributed by atoms with Gasteiger partial charge in [-0.05, 0) is 43.7 Å². The van der Waals surface area contributed by atoms with Crippen molar-refractivity contribution in [2.45, 2.75) is 25.5 Å². The first-order chi connectivity index (χ1) is 17.0. The van der Waals surface area contributed by atoms with E-state index in [9.17, 15) is 23.5 Å². The van der Waals surface area contributed by atoms with Crippen LogP contribution in [-0.2, 0) is 10.4 Å². The lowest BCUT2D eigenvalue weighted by Crippen LogP contribution is -2.49. The first-order valence-electron chi connectivity index (χ1n) is 11.0. The normalized spacial score (nSPS) is 16.0. The Morgan fingerprint density at radius 2 is 2.03 bits per heavy atom. The van der Waals surface area contributed by atoms with Gasteiger partial charge in [0.1, 0.15) is 35.7 Å². The molecule has 2 N–H and O–H groups in total. The molecule has 0 aliphatic carbocycles. The number of nitrogens with zero attached hydrogens (tertiary/aromatic N) is 3. The lowest BCUT2D eigenvalue weighted by molar-refractivity contribution is -0.120. The Morgan fingerprint density at radius 1 is 1.25 bits per heavy atom. The Hall–Kier alpha value is -3.83. The fourth-order valence-corrected chi connectivity index (χ4v) is 4.88. The number of carbonyl (C=O) groups is 2. The molecule has 0 saturated heterocycles. The molecule has 0 spiro atoms. The topological polar surface area (TPSA) is 96.2 Å². The molecule has 3 heterocycles. The molecule has 4 aromatic rings. The zero-order chi connectivity index (χ0) is 25.8. The molecule has 2 aromatic carbocycles. The molecule has 0 fully saturated rings. The van der Waals surface area contributed by atoms with Crippen molar-refractivity contribution in [3.05, 3.63) is 70.9 Å². The summed E-state index contributed by atoms with van der Waals surface area (Å²) >= 11 is 1.20. The van der Waals surface area contributed by atoms with E-state index in [0.717, 1.165) is 12.1 Å². The summed E-state index contributed by atoms with van der Waals surface area (Å²) in [5.41, 5.74) is 0.668. The number of thiazole rings is 1. The Bertz CT molecular complexity index is 1510. The summed E-state index contributed by atoms with van der Waals surface area (Å²) in [5.74, 6) is -1.99. The summed E-state index contributed by atoms with van der Waals surface area (Å²) < 4.78 is 35.0. The molecule has 11 heteroatoms. The second-order valence-corrected chi connectivity index (χ2v) is 9.84. The average molecular weight is 513 g/mol. The molecular weight excluding hydrogens is 490 g/mol. The van der Waals surface area contributed by atoms with E-state index in [-0.39, 0.29) is 23.8 Å². The minimum Gasteiger partial charge on any atom is -0.489 e. The van der Waals surface area contributed by atoms with Crippen LogP contribution in [0.15, 0.2) is 48.0 Å². The molecule has 2 amide bonds. The monoisotopic (exact) mass is 512 g/mol. The van der Waals surface area contributed by atoms with Gasteiger partial charge in [0.05, 0.1) is 17.0 Å². The Morgan fingerprint density at radius 3 is 2.75 bits per heavy atom. The molecule has 2 aromatic heterocycles. The number of rotatable bonds is 4. The minimum absolute atomic E-state index is 0.0344. The molecule has 0 saturated carbocycles. The number of benzene rings is 2. The number of halogens is 2. The highest BCUT2D eigenvalue weighted by Crippen LogP contribution is 2.35. The van der Waals surface area contributed by atoms with Crippen LogP contribution in [0.25, 0.3) is 16.2 Å². The largest absolute Gasteiger partial charge is 0.489 e. The van der Waals surface area contributed by atoms with Gasteiger partial charge in [-0.2, -0.15) is 0 Å². The van der Waals surface area contributed by atoms with E-state index in [1.165, 1.54) is 28.5 Å². The third-order valence-electron chi connectivity index (χ3n) is 6.02.